The average molecular weight is 336 g/mol. The molecule has 2 rings (SSSR count). The van der Waals surface area contributed by atoms with E-state index in [1.807, 2.05) is 0 Å². The molecule has 0 saturated heterocycles. The van der Waals surface area contributed by atoms with Gasteiger partial charge in [0.2, 0.25) is 0 Å². The van der Waals surface area contributed by atoms with Crippen molar-refractivity contribution in [3.05, 3.63) is 23.8 Å². The monoisotopic (exact) mass is 336 g/mol. The van der Waals surface area contributed by atoms with Crippen molar-refractivity contribution in [2.75, 3.05) is 14.2 Å². The van der Waals surface area contributed by atoms with Crippen LogP contribution < -0.4 is 9.47 Å². The van der Waals surface area contributed by atoms with Crippen LogP contribution in [0.1, 0.15) is 56.8 Å². The Kier molecular flexibility index (Phi) is 6.10. The molecule has 1 fully saturated rings. The second-order valence-corrected chi connectivity index (χ2v) is 7.38. The summed E-state index contributed by atoms with van der Waals surface area (Å²) in [5.74, 6) is 1.22. The summed E-state index contributed by atoms with van der Waals surface area (Å²) in [6.07, 6.45) is 4.01. The molecule has 1 saturated carbocycles. The van der Waals surface area contributed by atoms with Crippen molar-refractivity contribution in [1.29, 1.82) is 0 Å². The highest BCUT2D eigenvalue weighted by Gasteiger charge is 2.31. The predicted octanol–water partition coefficient (Wildman–Crippen LogP) is 4.40. The fraction of sp³-hybridized carbons (Fsp3) is 0.632. The molecule has 1 aromatic carbocycles. The molecule has 0 aliphatic heterocycles. The van der Waals surface area contributed by atoms with Crippen LogP contribution in [0.3, 0.4) is 0 Å². The third-order valence-electron chi connectivity index (χ3n) is 4.78. The number of ether oxygens (including phenoxy) is 2. The molecule has 5 heteroatoms. The first kappa shape index (κ1) is 18.6. The van der Waals surface area contributed by atoms with Gasteiger partial charge in [0.25, 0.3) is 0 Å². The number of carbonyl (C=O) groups is 1. The number of benzene rings is 1. The molecule has 0 aromatic heterocycles. The van der Waals surface area contributed by atoms with E-state index in [-0.39, 0.29) is 6.10 Å². The Hall–Kier alpha value is -1.75. The Morgan fingerprint density at radius 3 is 2.17 bits per heavy atom. The molecular weight excluding hydrogens is 308 g/mol. The van der Waals surface area contributed by atoms with Gasteiger partial charge in [0, 0.05) is 0 Å². The van der Waals surface area contributed by atoms with E-state index in [0.717, 1.165) is 25.7 Å². The van der Waals surface area contributed by atoms with E-state index in [4.69, 9.17) is 19.2 Å². The largest absolute Gasteiger partial charge is 0.493 e. The van der Waals surface area contributed by atoms with Crippen molar-refractivity contribution >= 4 is 5.97 Å². The van der Waals surface area contributed by atoms with Crippen LogP contribution in [0.25, 0.3) is 0 Å². The van der Waals surface area contributed by atoms with E-state index in [9.17, 15) is 4.79 Å². The van der Waals surface area contributed by atoms with Crippen molar-refractivity contribution in [2.24, 2.45) is 11.3 Å². The van der Waals surface area contributed by atoms with Crippen LogP contribution in [0, 0.1) is 11.3 Å². The summed E-state index contributed by atoms with van der Waals surface area (Å²) in [6.45, 7) is 6.82. The molecule has 0 spiro atoms. The van der Waals surface area contributed by atoms with Crippen LogP contribution in [-0.2, 0) is 9.78 Å². The number of methoxy groups -OCH3 is 2. The first-order valence-electron chi connectivity index (χ1n) is 8.45. The molecule has 24 heavy (non-hydrogen) atoms. The summed E-state index contributed by atoms with van der Waals surface area (Å²) < 4.78 is 10.3. The molecule has 134 valence electrons. The van der Waals surface area contributed by atoms with Crippen molar-refractivity contribution in [3.8, 4) is 11.5 Å². The smallest absolute Gasteiger partial charge is 0.373 e. The van der Waals surface area contributed by atoms with Crippen LogP contribution in [0.4, 0.5) is 0 Å². The fourth-order valence-corrected chi connectivity index (χ4v) is 3.15. The van der Waals surface area contributed by atoms with E-state index in [1.54, 1.807) is 25.3 Å². The van der Waals surface area contributed by atoms with Crippen LogP contribution in [-0.4, -0.2) is 26.3 Å². The summed E-state index contributed by atoms with van der Waals surface area (Å²) in [6, 6.07) is 4.88. The molecule has 5 nitrogen and oxygen atoms in total. The van der Waals surface area contributed by atoms with Crippen LogP contribution in [0.15, 0.2) is 18.2 Å². The highest BCUT2D eigenvalue weighted by atomic mass is 17.2. The Balaban J connectivity index is 1.86. The van der Waals surface area contributed by atoms with Crippen molar-refractivity contribution < 1.29 is 24.0 Å². The Bertz CT molecular complexity index is 553. The van der Waals surface area contributed by atoms with Gasteiger partial charge >= 0.3 is 5.97 Å². The highest BCUT2D eigenvalue weighted by Crippen LogP contribution is 2.38. The molecule has 0 amide bonds. The highest BCUT2D eigenvalue weighted by molar-refractivity contribution is 5.89. The van der Waals surface area contributed by atoms with Gasteiger partial charge < -0.3 is 9.47 Å². The molecule has 1 aliphatic carbocycles. The lowest BCUT2D eigenvalue weighted by Gasteiger charge is -2.36. The van der Waals surface area contributed by atoms with Gasteiger partial charge in [0.05, 0.1) is 19.8 Å². The maximum atomic E-state index is 12.1. The zero-order valence-corrected chi connectivity index (χ0v) is 15.3. The van der Waals surface area contributed by atoms with E-state index in [1.165, 1.54) is 7.11 Å². The van der Waals surface area contributed by atoms with E-state index < -0.39 is 5.97 Å². The van der Waals surface area contributed by atoms with Gasteiger partial charge in [0.1, 0.15) is 6.10 Å². The second kappa shape index (κ2) is 7.88. The zero-order valence-electron chi connectivity index (χ0n) is 15.3. The lowest BCUT2D eigenvalue weighted by Crippen LogP contribution is -2.29. The fourth-order valence-electron chi connectivity index (χ4n) is 3.15. The number of hydrogen-bond donors (Lipinski definition) is 0. The summed E-state index contributed by atoms with van der Waals surface area (Å²) in [7, 11) is 3.07. The van der Waals surface area contributed by atoms with Crippen LogP contribution in [0.5, 0.6) is 11.5 Å². The van der Waals surface area contributed by atoms with E-state index in [0.29, 0.717) is 28.4 Å². The molecule has 1 aromatic rings. The Labute approximate surface area is 144 Å². The summed E-state index contributed by atoms with van der Waals surface area (Å²) in [5.41, 5.74) is 0.692. The molecule has 0 bridgehead atoms. The quantitative estimate of drug-likeness (QED) is 0.589. The lowest BCUT2D eigenvalue weighted by molar-refractivity contribution is -0.281. The van der Waals surface area contributed by atoms with Crippen LogP contribution >= 0.6 is 0 Å². The van der Waals surface area contributed by atoms with Gasteiger partial charge in [-0.1, -0.05) is 20.8 Å². The predicted molar refractivity (Wildman–Crippen MR) is 91.2 cm³/mol. The van der Waals surface area contributed by atoms with Gasteiger partial charge in [-0.3, -0.25) is 4.89 Å². The van der Waals surface area contributed by atoms with Gasteiger partial charge in [-0.15, -0.1) is 0 Å². The molecular formula is C19H28O5. The number of hydrogen-bond acceptors (Lipinski definition) is 5. The minimum Gasteiger partial charge on any atom is -0.493 e. The van der Waals surface area contributed by atoms with E-state index in [2.05, 4.69) is 20.8 Å². The first-order chi connectivity index (χ1) is 11.3. The third kappa shape index (κ3) is 4.63. The van der Waals surface area contributed by atoms with Crippen molar-refractivity contribution in [3.63, 3.8) is 0 Å². The maximum Gasteiger partial charge on any atom is 0.373 e. The number of carbonyl (C=O) groups excluding carboxylic acids is 1. The summed E-state index contributed by atoms with van der Waals surface area (Å²) >= 11 is 0. The van der Waals surface area contributed by atoms with Gasteiger partial charge in [-0.05, 0) is 55.2 Å². The van der Waals surface area contributed by atoms with Gasteiger partial charge in [0.15, 0.2) is 11.5 Å². The summed E-state index contributed by atoms with van der Waals surface area (Å²) in [4.78, 5) is 22.5. The molecule has 0 unspecified atom stereocenters. The Morgan fingerprint density at radius 2 is 1.62 bits per heavy atom. The topological polar surface area (TPSA) is 54.0 Å². The van der Waals surface area contributed by atoms with Gasteiger partial charge in [-0.2, -0.15) is 4.89 Å². The summed E-state index contributed by atoms with van der Waals surface area (Å²) in [5, 5.41) is 0. The SMILES string of the molecule is COc1ccc(C(=O)OOC2CCC(C(C)(C)C)CC2)cc1OC. The van der Waals surface area contributed by atoms with Crippen LogP contribution in [0.2, 0.25) is 0 Å². The van der Waals surface area contributed by atoms with Crippen molar-refractivity contribution in [2.45, 2.75) is 52.6 Å². The first-order valence-corrected chi connectivity index (χ1v) is 8.45. The lowest BCUT2D eigenvalue weighted by atomic mass is 9.72. The average Bonchev–Trinajstić information content (AvgIpc) is 2.58. The Morgan fingerprint density at radius 1 is 1.00 bits per heavy atom. The van der Waals surface area contributed by atoms with Crippen molar-refractivity contribution in [1.82, 2.24) is 0 Å². The number of rotatable bonds is 5. The molecule has 1 aliphatic rings. The normalized spacial score (nSPS) is 21.2. The van der Waals surface area contributed by atoms with Gasteiger partial charge in [-0.25, -0.2) is 4.79 Å². The third-order valence-corrected chi connectivity index (χ3v) is 4.78. The standard InChI is InChI=1S/C19H28O5/c1-19(2,3)14-7-9-15(10-8-14)23-24-18(20)13-6-11-16(21-4)17(12-13)22-5/h6,11-12,14-15H,7-10H2,1-5H3. The molecule has 0 radical (unpaired) electrons. The zero-order chi connectivity index (χ0) is 17.7. The molecule has 0 N–H and O–H groups in total. The molecule has 0 atom stereocenters. The van der Waals surface area contributed by atoms with E-state index >= 15 is 0 Å². The second-order valence-electron chi connectivity index (χ2n) is 7.38. The minimum absolute atomic E-state index is 0.0207. The minimum atomic E-state index is -0.520. The molecule has 0 heterocycles. The maximum absolute atomic E-state index is 12.1.